The van der Waals surface area contributed by atoms with E-state index in [9.17, 15) is 13.2 Å². The molecule has 2 atom stereocenters. The highest BCUT2D eigenvalue weighted by Crippen LogP contribution is 2.29. The van der Waals surface area contributed by atoms with Gasteiger partial charge in [0.1, 0.15) is 6.33 Å². The van der Waals surface area contributed by atoms with Crippen LogP contribution in [0, 0.1) is 11.8 Å². The van der Waals surface area contributed by atoms with E-state index in [-0.39, 0.29) is 23.9 Å². The zero-order valence-corrected chi connectivity index (χ0v) is 13.1. The molecule has 0 aliphatic carbocycles. The molecule has 2 heterocycles. The van der Waals surface area contributed by atoms with Crippen molar-refractivity contribution in [1.29, 1.82) is 0 Å². The normalized spacial score (nSPS) is 22.3. The topological polar surface area (TPSA) is 118 Å². The molecule has 1 aromatic carbocycles. The van der Waals surface area contributed by atoms with Crippen molar-refractivity contribution >= 4 is 16.0 Å². The van der Waals surface area contributed by atoms with Crippen molar-refractivity contribution in [2.24, 2.45) is 11.8 Å². The molecule has 122 valence electrons. The van der Waals surface area contributed by atoms with Crippen LogP contribution in [0.1, 0.15) is 6.92 Å². The lowest BCUT2D eigenvalue weighted by molar-refractivity contribution is -0.142. The second kappa shape index (κ2) is 5.70. The SMILES string of the molecule is C[C@@H]1CN(S(=O)(=O)c2cccc(-n3cnnn3)c2)C[C@H]1C(=O)O. The first-order valence-electron chi connectivity index (χ1n) is 6.96. The van der Waals surface area contributed by atoms with Gasteiger partial charge in [-0.15, -0.1) is 5.10 Å². The van der Waals surface area contributed by atoms with Gasteiger partial charge in [0.2, 0.25) is 10.0 Å². The number of carboxylic acids is 1. The van der Waals surface area contributed by atoms with Crippen LogP contribution in [-0.4, -0.2) is 57.1 Å². The van der Waals surface area contributed by atoms with Gasteiger partial charge in [0.05, 0.1) is 16.5 Å². The zero-order chi connectivity index (χ0) is 16.6. The highest BCUT2D eigenvalue weighted by molar-refractivity contribution is 7.89. The Hall–Kier alpha value is -2.33. The molecule has 0 bridgehead atoms. The Morgan fingerprint density at radius 2 is 2.13 bits per heavy atom. The fourth-order valence-electron chi connectivity index (χ4n) is 2.66. The maximum absolute atomic E-state index is 12.7. The van der Waals surface area contributed by atoms with E-state index < -0.39 is 21.9 Å². The van der Waals surface area contributed by atoms with Crippen LogP contribution >= 0.6 is 0 Å². The summed E-state index contributed by atoms with van der Waals surface area (Å²) in [6.45, 7) is 1.91. The summed E-state index contributed by atoms with van der Waals surface area (Å²) in [4.78, 5) is 11.3. The number of hydrogen-bond donors (Lipinski definition) is 1. The highest BCUT2D eigenvalue weighted by Gasteiger charge is 2.40. The fourth-order valence-corrected chi connectivity index (χ4v) is 4.26. The van der Waals surface area contributed by atoms with Crippen LogP contribution in [0.15, 0.2) is 35.5 Å². The van der Waals surface area contributed by atoms with Gasteiger partial charge >= 0.3 is 5.97 Å². The van der Waals surface area contributed by atoms with Gasteiger partial charge in [-0.1, -0.05) is 13.0 Å². The van der Waals surface area contributed by atoms with E-state index in [1.165, 1.54) is 27.4 Å². The van der Waals surface area contributed by atoms with Crippen molar-refractivity contribution in [2.45, 2.75) is 11.8 Å². The Labute approximate surface area is 132 Å². The Bertz CT molecular complexity index is 821. The molecule has 10 heteroatoms. The number of sulfonamides is 1. The monoisotopic (exact) mass is 337 g/mol. The fraction of sp³-hybridized carbons (Fsp3) is 0.385. The number of rotatable bonds is 4. The lowest BCUT2D eigenvalue weighted by atomic mass is 9.99. The van der Waals surface area contributed by atoms with Crippen LogP contribution in [-0.2, 0) is 14.8 Å². The standard InChI is InChI=1S/C13H15N5O4S/c1-9-6-17(7-12(9)13(19)20)23(21,22)11-4-2-3-10(5-11)18-8-14-15-16-18/h2-5,8-9,12H,6-7H2,1H3,(H,19,20)/t9-,12-/m1/s1. The van der Waals surface area contributed by atoms with Crippen molar-refractivity contribution in [1.82, 2.24) is 24.5 Å². The van der Waals surface area contributed by atoms with E-state index in [1.807, 2.05) is 0 Å². The number of aromatic nitrogens is 4. The minimum absolute atomic E-state index is 0.0199. The van der Waals surface area contributed by atoms with Crippen molar-refractivity contribution < 1.29 is 18.3 Å². The minimum atomic E-state index is -3.76. The summed E-state index contributed by atoms with van der Waals surface area (Å²) in [7, 11) is -3.76. The van der Waals surface area contributed by atoms with Gasteiger partial charge in [-0.05, 0) is 34.5 Å². The Morgan fingerprint density at radius 3 is 2.74 bits per heavy atom. The number of nitrogens with zero attached hydrogens (tertiary/aromatic N) is 5. The van der Waals surface area contributed by atoms with Crippen LogP contribution in [0.5, 0.6) is 0 Å². The van der Waals surface area contributed by atoms with Crippen molar-refractivity contribution in [3.05, 3.63) is 30.6 Å². The molecule has 2 aromatic rings. The van der Waals surface area contributed by atoms with E-state index in [0.717, 1.165) is 0 Å². The van der Waals surface area contributed by atoms with Crippen LogP contribution in [0.25, 0.3) is 5.69 Å². The summed E-state index contributed by atoms with van der Waals surface area (Å²) in [5.74, 6) is -1.89. The largest absolute Gasteiger partial charge is 0.481 e. The lowest BCUT2D eigenvalue weighted by Gasteiger charge is -2.16. The number of carbonyl (C=O) groups is 1. The first-order valence-corrected chi connectivity index (χ1v) is 8.40. The molecule has 1 aromatic heterocycles. The molecular formula is C13H15N5O4S. The second-order valence-electron chi connectivity index (χ2n) is 5.50. The van der Waals surface area contributed by atoms with Gasteiger partial charge in [-0.2, -0.15) is 4.31 Å². The molecule has 23 heavy (non-hydrogen) atoms. The van der Waals surface area contributed by atoms with Gasteiger partial charge in [-0.25, -0.2) is 13.1 Å². The average Bonchev–Trinajstić information content (AvgIpc) is 3.16. The molecule has 0 spiro atoms. The first-order chi connectivity index (χ1) is 10.9. The number of carboxylic acid groups (broad SMARTS) is 1. The first kappa shape index (κ1) is 15.6. The van der Waals surface area contributed by atoms with Crippen LogP contribution in [0.4, 0.5) is 0 Å². The second-order valence-corrected chi connectivity index (χ2v) is 7.43. The number of aliphatic carboxylic acids is 1. The summed E-state index contributed by atoms with van der Waals surface area (Å²) in [6.07, 6.45) is 1.37. The molecule has 9 nitrogen and oxygen atoms in total. The van der Waals surface area contributed by atoms with E-state index in [1.54, 1.807) is 19.1 Å². The Balaban J connectivity index is 1.92. The molecule has 3 rings (SSSR count). The zero-order valence-electron chi connectivity index (χ0n) is 12.3. The number of hydrogen-bond acceptors (Lipinski definition) is 6. The molecule has 0 saturated carbocycles. The van der Waals surface area contributed by atoms with Crippen LogP contribution < -0.4 is 0 Å². The van der Waals surface area contributed by atoms with Gasteiger partial charge in [0, 0.05) is 13.1 Å². The predicted octanol–water partition coefficient (Wildman–Crippen LogP) is 0.00350. The highest BCUT2D eigenvalue weighted by atomic mass is 32.2. The third-order valence-corrected chi connectivity index (χ3v) is 5.79. The molecule has 1 aliphatic heterocycles. The molecular weight excluding hydrogens is 322 g/mol. The van der Waals surface area contributed by atoms with Gasteiger partial charge in [0.15, 0.2) is 0 Å². The van der Waals surface area contributed by atoms with Crippen molar-refractivity contribution in [3.63, 3.8) is 0 Å². The maximum Gasteiger partial charge on any atom is 0.308 e. The molecule has 0 unspecified atom stereocenters. The summed E-state index contributed by atoms with van der Waals surface area (Å²) < 4.78 is 28.1. The Kier molecular flexibility index (Phi) is 3.86. The molecule has 1 fully saturated rings. The van der Waals surface area contributed by atoms with Crippen LogP contribution in [0.2, 0.25) is 0 Å². The van der Waals surface area contributed by atoms with E-state index in [2.05, 4.69) is 15.5 Å². The average molecular weight is 337 g/mol. The summed E-state index contributed by atoms with van der Waals surface area (Å²) in [5.41, 5.74) is 0.512. The maximum atomic E-state index is 12.7. The third kappa shape index (κ3) is 2.82. The van der Waals surface area contributed by atoms with Gasteiger partial charge < -0.3 is 5.11 Å². The number of tetrazole rings is 1. The molecule has 1 N–H and O–H groups in total. The van der Waals surface area contributed by atoms with Crippen molar-refractivity contribution in [2.75, 3.05) is 13.1 Å². The molecule has 0 amide bonds. The van der Waals surface area contributed by atoms with Gasteiger partial charge in [0.25, 0.3) is 0 Å². The van der Waals surface area contributed by atoms with Crippen LogP contribution in [0.3, 0.4) is 0 Å². The number of benzene rings is 1. The van der Waals surface area contributed by atoms with Crippen molar-refractivity contribution in [3.8, 4) is 5.69 Å². The van der Waals surface area contributed by atoms with Gasteiger partial charge in [-0.3, -0.25) is 4.79 Å². The van der Waals surface area contributed by atoms with E-state index >= 15 is 0 Å². The smallest absolute Gasteiger partial charge is 0.308 e. The summed E-state index contributed by atoms with van der Waals surface area (Å²) in [5, 5.41) is 19.9. The molecule has 1 saturated heterocycles. The summed E-state index contributed by atoms with van der Waals surface area (Å²) in [6, 6.07) is 6.21. The third-order valence-electron chi connectivity index (χ3n) is 3.96. The molecule has 0 radical (unpaired) electrons. The minimum Gasteiger partial charge on any atom is -0.481 e. The Morgan fingerprint density at radius 1 is 1.35 bits per heavy atom. The predicted molar refractivity (Wildman–Crippen MR) is 78.2 cm³/mol. The van der Waals surface area contributed by atoms with E-state index in [4.69, 9.17) is 5.11 Å². The summed E-state index contributed by atoms with van der Waals surface area (Å²) >= 11 is 0. The quantitative estimate of drug-likeness (QED) is 0.834. The lowest BCUT2D eigenvalue weighted by Crippen LogP contribution is -2.30. The van der Waals surface area contributed by atoms with E-state index in [0.29, 0.717) is 5.69 Å². The molecule has 1 aliphatic rings.